The molecule has 8 nitrogen and oxygen atoms in total. The van der Waals surface area contributed by atoms with Crippen molar-refractivity contribution in [2.75, 3.05) is 39.8 Å². The maximum atomic E-state index is 13.5. The largest absolute Gasteiger partial charge is 0.376 e. The third-order valence-corrected chi connectivity index (χ3v) is 6.18. The SMILES string of the molecule is CN1CCN(C(=O)c2cn(CC3CCCO3)cc3c(=O)n(-c4ccccc4)nc2-3)CC1. The molecular weight excluding hydrogens is 394 g/mol. The number of carbonyl (C=O) groups excluding carboxylic acids is 1. The molecule has 4 heterocycles. The monoisotopic (exact) mass is 421 g/mol. The molecule has 2 fully saturated rings. The predicted molar refractivity (Wildman–Crippen MR) is 117 cm³/mol. The standard InChI is InChI=1S/C23H27N5O3/c1-25-9-11-27(12-10-25)22(29)19-15-26(14-18-8-5-13-31-18)16-20-21(19)24-28(23(20)30)17-6-3-2-4-7-17/h2-4,6-7,15-16,18H,5,8-14H2,1H3. The molecule has 1 atom stereocenters. The number of amides is 1. The lowest BCUT2D eigenvalue weighted by molar-refractivity contribution is 0.0662. The summed E-state index contributed by atoms with van der Waals surface area (Å²) in [7, 11) is 2.06. The van der Waals surface area contributed by atoms with Gasteiger partial charge in [-0.1, -0.05) is 18.2 Å². The Morgan fingerprint density at radius 2 is 1.90 bits per heavy atom. The number of nitrogens with zero attached hydrogens (tertiary/aromatic N) is 5. The Balaban J connectivity index is 1.59. The Morgan fingerprint density at radius 1 is 1.13 bits per heavy atom. The summed E-state index contributed by atoms with van der Waals surface area (Å²) in [6, 6.07) is 9.32. The van der Waals surface area contributed by atoms with Crippen LogP contribution >= 0.6 is 0 Å². The van der Waals surface area contributed by atoms with Crippen LogP contribution in [0.2, 0.25) is 0 Å². The van der Waals surface area contributed by atoms with Gasteiger partial charge in [0.15, 0.2) is 0 Å². The van der Waals surface area contributed by atoms with Crippen LogP contribution in [0.3, 0.4) is 0 Å². The zero-order valence-corrected chi connectivity index (χ0v) is 17.7. The van der Waals surface area contributed by atoms with E-state index in [1.54, 1.807) is 0 Å². The summed E-state index contributed by atoms with van der Waals surface area (Å²) in [6.07, 6.45) is 5.78. The van der Waals surface area contributed by atoms with E-state index >= 15 is 0 Å². The minimum atomic E-state index is -0.213. The summed E-state index contributed by atoms with van der Waals surface area (Å²) in [5, 5.41) is 4.59. The number of carbonyl (C=O) groups is 1. The van der Waals surface area contributed by atoms with E-state index in [1.807, 2.05) is 52.2 Å². The molecule has 4 aliphatic heterocycles. The van der Waals surface area contributed by atoms with E-state index in [0.29, 0.717) is 42.1 Å². The van der Waals surface area contributed by atoms with Crippen molar-refractivity contribution < 1.29 is 9.53 Å². The molecule has 0 saturated carbocycles. The number of likely N-dealkylation sites (N-methyl/N-ethyl adjacent to an activating group) is 1. The molecule has 0 aromatic heterocycles. The maximum Gasteiger partial charge on any atom is 0.282 e. The molecular formula is C23H27N5O3. The summed E-state index contributed by atoms with van der Waals surface area (Å²) in [6.45, 7) is 4.39. The first kappa shape index (κ1) is 20.0. The number of fused-ring (bicyclic) bond motifs is 1. The lowest BCUT2D eigenvalue weighted by Crippen LogP contribution is -2.47. The van der Waals surface area contributed by atoms with Gasteiger partial charge < -0.3 is 19.1 Å². The van der Waals surface area contributed by atoms with Crippen molar-refractivity contribution in [3.05, 3.63) is 58.6 Å². The fourth-order valence-corrected chi connectivity index (χ4v) is 4.37. The van der Waals surface area contributed by atoms with Crippen molar-refractivity contribution >= 4 is 5.91 Å². The highest BCUT2D eigenvalue weighted by Crippen LogP contribution is 2.25. The van der Waals surface area contributed by atoms with Crippen LogP contribution in [0.25, 0.3) is 16.9 Å². The van der Waals surface area contributed by atoms with Crippen LogP contribution in [0, 0.1) is 0 Å². The molecule has 4 aliphatic rings. The van der Waals surface area contributed by atoms with Crippen LogP contribution in [-0.2, 0) is 11.3 Å². The van der Waals surface area contributed by atoms with Gasteiger partial charge in [0.1, 0.15) is 5.69 Å². The number of piperazine rings is 1. The van der Waals surface area contributed by atoms with Gasteiger partial charge in [-0.25, -0.2) is 0 Å². The van der Waals surface area contributed by atoms with Crippen LogP contribution in [0.1, 0.15) is 23.2 Å². The van der Waals surface area contributed by atoms with E-state index in [1.165, 1.54) is 4.68 Å². The normalized spacial score (nSPS) is 19.9. The number of aromatic nitrogens is 3. The zero-order chi connectivity index (χ0) is 21.4. The molecule has 0 bridgehead atoms. The Kier molecular flexibility index (Phi) is 5.33. The van der Waals surface area contributed by atoms with Gasteiger partial charge in [0.2, 0.25) is 0 Å². The lowest BCUT2D eigenvalue weighted by Gasteiger charge is -2.32. The third kappa shape index (κ3) is 3.88. The summed E-state index contributed by atoms with van der Waals surface area (Å²) >= 11 is 0. The second kappa shape index (κ2) is 8.28. The van der Waals surface area contributed by atoms with Crippen LogP contribution < -0.4 is 5.56 Å². The number of hydrogen-bond donors (Lipinski definition) is 0. The highest BCUT2D eigenvalue weighted by molar-refractivity contribution is 6.00. The average Bonchev–Trinajstić information content (AvgIpc) is 3.42. The molecule has 8 heteroatoms. The second-order valence-corrected chi connectivity index (χ2v) is 8.41. The molecule has 1 aromatic rings. The van der Waals surface area contributed by atoms with Gasteiger partial charge >= 0.3 is 0 Å². The minimum Gasteiger partial charge on any atom is -0.376 e. The molecule has 2 saturated heterocycles. The number of pyridine rings is 1. The summed E-state index contributed by atoms with van der Waals surface area (Å²) in [5.74, 6) is -0.0718. The third-order valence-electron chi connectivity index (χ3n) is 6.18. The zero-order valence-electron chi connectivity index (χ0n) is 17.7. The average molecular weight is 422 g/mol. The van der Waals surface area contributed by atoms with Crippen molar-refractivity contribution in [1.82, 2.24) is 24.1 Å². The van der Waals surface area contributed by atoms with Crippen molar-refractivity contribution in [3.8, 4) is 16.9 Å². The molecule has 5 rings (SSSR count). The van der Waals surface area contributed by atoms with Gasteiger partial charge in [-0.15, -0.1) is 0 Å². The molecule has 0 N–H and O–H groups in total. The molecule has 31 heavy (non-hydrogen) atoms. The van der Waals surface area contributed by atoms with E-state index in [0.717, 1.165) is 32.5 Å². The number of benzene rings is 1. The van der Waals surface area contributed by atoms with Crippen molar-refractivity contribution in [1.29, 1.82) is 0 Å². The van der Waals surface area contributed by atoms with Gasteiger partial charge in [-0.3, -0.25) is 9.59 Å². The van der Waals surface area contributed by atoms with Crippen molar-refractivity contribution in [3.63, 3.8) is 0 Å². The van der Waals surface area contributed by atoms with Gasteiger partial charge in [0.05, 0.1) is 22.9 Å². The highest BCUT2D eigenvalue weighted by Gasteiger charge is 2.29. The highest BCUT2D eigenvalue weighted by atomic mass is 16.5. The number of rotatable bonds is 4. The van der Waals surface area contributed by atoms with Crippen LogP contribution in [0.15, 0.2) is 47.5 Å². The van der Waals surface area contributed by atoms with E-state index in [4.69, 9.17) is 4.74 Å². The predicted octanol–water partition coefficient (Wildman–Crippen LogP) is 1.71. The molecule has 0 aliphatic carbocycles. The number of hydrogen-bond acceptors (Lipinski definition) is 5. The Hall–Kier alpha value is -2.97. The van der Waals surface area contributed by atoms with Crippen LogP contribution in [0.4, 0.5) is 0 Å². The fraction of sp³-hybridized carbons (Fsp3) is 0.435. The van der Waals surface area contributed by atoms with Crippen LogP contribution in [0.5, 0.6) is 0 Å². The van der Waals surface area contributed by atoms with Gasteiger partial charge in [-0.05, 0) is 32.0 Å². The lowest BCUT2D eigenvalue weighted by atomic mass is 10.1. The maximum absolute atomic E-state index is 13.5. The first-order chi connectivity index (χ1) is 15.1. The Bertz CT molecular complexity index is 1090. The minimum absolute atomic E-state index is 0.0718. The summed E-state index contributed by atoms with van der Waals surface area (Å²) in [5.41, 5.74) is 1.87. The topological polar surface area (TPSA) is 72.6 Å². The Labute approximate surface area is 181 Å². The quantitative estimate of drug-likeness (QED) is 0.641. The van der Waals surface area contributed by atoms with E-state index in [2.05, 4.69) is 17.0 Å². The van der Waals surface area contributed by atoms with Gasteiger partial charge in [-0.2, -0.15) is 9.78 Å². The van der Waals surface area contributed by atoms with E-state index in [-0.39, 0.29) is 17.6 Å². The first-order valence-corrected chi connectivity index (χ1v) is 10.9. The second-order valence-electron chi connectivity index (χ2n) is 8.41. The van der Waals surface area contributed by atoms with Gasteiger partial charge in [0, 0.05) is 51.7 Å². The molecule has 162 valence electrons. The van der Waals surface area contributed by atoms with Crippen LogP contribution in [-0.4, -0.2) is 76.0 Å². The fourth-order valence-electron chi connectivity index (χ4n) is 4.37. The first-order valence-electron chi connectivity index (χ1n) is 10.9. The van der Waals surface area contributed by atoms with Crippen molar-refractivity contribution in [2.24, 2.45) is 0 Å². The molecule has 1 aromatic carbocycles. The molecule has 1 unspecified atom stereocenters. The number of para-hydroxylation sites is 1. The number of ether oxygens (including phenoxy) is 1. The molecule has 1 amide bonds. The Morgan fingerprint density at radius 3 is 2.61 bits per heavy atom. The van der Waals surface area contributed by atoms with Gasteiger partial charge in [0.25, 0.3) is 11.5 Å². The molecule has 0 radical (unpaired) electrons. The summed E-state index contributed by atoms with van der Waals surface area (Å²) in [4.78, 5) is 30.8. The van der Waals surface area contributed by atoms with E-state index < -0.39 is 0 Å². The summed E-state index contributed by atoms with van der Waals surface area (Å²) < 4.78 is 9.10. The van der Waals surface area contributed by atoms with E-state index in [9.17, 15) is 9.59 Å². The smallest absolute Gasteiger partial charge is 0.282 e. The van der Waals surface area contributed by atoms with Crippen molar-refractivity contribution in [2.45, 2.75) is 25.5 Å². The molecule has 0 spiro atoms.